The van der Waals surface area contributed by atoms with Gasteiger partial charge in [-0.2, -0.15) is 0 Å². The topological polar surface area (TPSA) is 77.9 Å². The smallest absolute Gasteiger partial charge is 0.241 e. The molecule has 3 N–H and O–H groups in total. The second-order valence-corrected chi connectivity index (χ2v) is 3.45. The number of carbonyl (C=O) groups excluding carboxylic acids is 1. The highest BCUT2D eigenvalue weighted by Crippen LogP contribution is 1.74. The van der Waals surface area contributed by atoms with Crippen molar-refractivity contribution >= 4 is 18.6 Å². The van der Waals surface area contributed by atoms with Gasteiger partial charge in [0.25, 0.3) is 0 Å². The number of hydrogen-bond acceptors (Lipinski definition) is 4. The Kier molecular flexibility index (Phi) is 9.20. The van der Waals surface area contributed by atoms with Gasteiger partial charge in [0.05, 0.1) is 19.2 Å². The minimum absolute atomic E-state index is 0.115. The van der Waals surface area contributed by atoms with Crippen molar-refractivity contribution in [2.45, 2.75) is 19.9 Å². The van der Waals surface area contributed by atoms with E-state index in [2.05, 4.69) is 39.8 Å². The number of likely N-dealkylation sites (N-methyl/N-ethyl adjacent to an activating group) is 1. The number of nitrogens with zero attached hydrogens (tertiary/aromatic N) is 2. The zero-order chi connectivity index (χ0) is 12.2. The number of nitrogens with one attached hydrogen (secondary N) is 3. The fraction of sp³-hybridized carbons (Fsp3) is 0.700. The molecule has 0 saturated heterocycles. The molecule has 0 aliphatic carbocycles. The quantitative estimate of drug-likeness (QED) is 0.294. The molecule has 0 rings (SSSR count). The number of carbonyl (C=O) groups is 1. The lowest BCUT2D eigenvalue weighted by atomic mass is 10.4. The Balaban J connectivity index is 3.36. The van der Waals surface area contributed by atoms with E-state index in [1.54, 1.807) is 13.4 Å². The van der Waals surface area contributed by atoms with Gasteiger partial charge in [-0.05, 0) is 0 Å². The zero-order valence-electron chi connectivity index (χ0n) is 10.2. The van der Waals surface area contributed by atoms with E-state index >= 15 is 0 Å². The minimum Gasteiger partial charge on any atom is -0.358 e. The fourth-order valence-electron chi connectivity index (χ4n) is 0.829. The van der Waals surface area contributed by atoms with E-state index in [1.807, 2.05) is 0 Å². The highest BCUT2D eigenvalue weighted by atomic mass is 16.1. The summed E-state index contributed by atoms with van der Waals surface area (Å²) in [5.74, 6) is -0.115. The summed E-state index contributed by atoms with van der Waals surface area (Å²) in [4.78, 5) is 18.7. The Bertz CT molecular complexity index is 237. The van der Waals surface area contributed by atoms with Crippen molar-refractivity contribution in [2.75, 3.05) is 26.7 Å². The van der Waals surface area contributed by atoms with Gasteiger partial charge in [0, 0.05) is 19.6 Å². The van der Waals surface area contributed by atoms with Gasteiger partial charge in [-0.3, -0.25) is 14.8 Å². The summed E-state index contributed by atoms with van der Waals surface area (Å²) in [6.07, 6.45) is 3.02. The van der Waals surface area contributed by atoms with E-state index in [4.69, 9.17) is 0 Å². The molecule has 0 aliphatic rings. The van der Waals surface area contributed by atoms with E-state index in [1.165, 1.54) is 6.34 Å². The first-order valence-corrected chi connectivity index (χ1v) is 5.33. The summed E-state index contributed by atoms with van der Waals surface area (Å²) in [7, 11) is 1.58. The van der Waals surface area contributed by atoms with Crippen LogP contribution in [-0.2, 0) is 4.79 Å². The van der Waals surface area contributed by atoms with Crippen LogP contribution in [-0.4, -0.2) is 51.3 Å². The Hall–Kier alpha value is -1.43. The average Bonchev–Trinajstić information content (AvgIpc) is 2.26. The minimum atomic E-state index is -0.115. The summed E-state index contributed by atoms with van der Waals surface area (Å²) >= 11 is 0. The number of rotatable bonds is 8. The molecule has 0 fully saturated rings. The predicted octanol–water partition coefficient (Wildman–Crippen LogP) is -0.623. The highest BCUT2D eigenvalue weighted by Gasteiger charge is 1.90. The number of amides is 1. The third-order valence-electron chi connectivity index (χ3n) is 1.64. The molecule has 0 radical (unpaired) electrons. The number of hydrogen-bond donors (Lipinski definition) is 3. The first-order valence-electron chi connectivity index (χ1n) is 5.33. The van der Waals surface area contributed by atoms with Gasteiger partial charge in [-0.1, -0.05) is 13.8 Å². The van der Waals surface area contributed by atoms with Crippen LogP contribution < -0.4 is 16.0 Å². The molecule has 0 atom stereocenters. The van der Waals surface area contributed by atoms with Gasteiger partial charge < -0.3 is 16.0 Å². The molecular formula is C10H21N5O. The SMILES string of the molecule is CNC(=O)CN=CNC=NCCNC(C)C. The molecule has 16 heavy (non-hydrogen) atoms. The first kappa shape index (κ1) is 14.6. The summed E-state index contributed by atoms with van der Waals surface area (Å²) in [5.41, 5.74) is 0. The van der Waals surface area contributed by atoms with Gasteiger partial charge >= 0.3 is 0 Å². The van der Waals surface area contributed by atoms with Crippen LogP contribution in [0.4, 0.5) is 0 Å². The third-order valence-corrected chi connectivity index (χ3v) is 1.64. The molecule has 0 aromatic rings. The van der Waals surface area contributed by atoms with Crippen molar-refractivity contribution in [2.24, 2.45) is 9.98 Å². The molecule has 1 amide bonds. The molecule has 0 unspecified atom stereocenters. The maximum absolute atomic E-state index is 10.8. The van der Waals surface area contributed by atoms with Crippen molar-refractivity contribution in [3.8, 4) is 0 Å². The number of aliphatic imine (C=N–C) groups is 2. The molecule has 6 nitrogen and oxygen atoms in total. The molecule has 0 spiro atoms. The van der Waals surface area contributed by atoms with Crippen molar-refractivity contribution in [3.63, 3.8) is 0 Å². The monoisotopic (exact) mass is 227 g/mol. The van der Waals surface area contributed by atoms with Crippen molar-refractivity contribution < 1.29 is 4.79 Å². The molecule has 0 aromatic carbocycles. The Morgan fingerprint density at radius 2 is 2.00 bits per heavy atom. The summed E-state index contributed by atoms with van der Waals surface area (Å²) in [5, 5.41) is 8.48. The standard InChI is InChI=1S/C10H21N5O/c1-9(2)15-5-4-12-7-14-8-13-6-10(16)11-3/h7-9,15H,4-6H2,1-3H3,(H,11,16)(H,12,13,14). The lowest BCUT2D eigenvalue weighted by Crippen LogP contribution is -2.25. The Labute approximate surface area is 96.6 Å². The Morgan fingerprint density at radius 1 is 1.31 bits per heavy atom. The second kappa shape index (κ2) is 10.1. The molecule has 0 heterocycles. The van der Waals surface area contributed by atoms with Gasteiger partial charge in [-0.25, -0.2) is 0 Å². The molecule has 6 heteroatoms. The molecular weight excluding hydrogens is 206 g/mol. The molecule has 0 bridgehead atoms. The molecule has 0 saturated carbocycles. The summed E-state index contributed by atoms with van der Waals surface area (Å²) in [6.45, 7) is 5.88. The second-order valence-electron chi connectivity index (χ2n) is 3.45. The van der Waals surface area contributed by atoms with Crippen LogP contribution in [0.3, 0.4) is 0 Å². The maximum atomic E-state index is 10.8. The first-order chi connectivity index (χ1) is 7.66. The summed E-state index contributed by atoms with van der Waals surface area (Å²) in [6, 6.07) is 0.484. The maximum Gasteiger partial charge on any atom is 0.241 e. The normalized spacial score (nSPS) is 11.5. The van der Waals surface area contributed by atoms with Gasteiger partial charge in [0.1, 0.15) is 6.54 Å². The van der Waals surface area contributed by atoms with Gasteiger partial charge in [0.2, 0.25) is 5.91 Å². The van der Waals surface area contributed by atoms with Crippen LogP contribution in [0.1, 0.15) is 13.8 Å². The van der Waals surface area contributed by atoms with Crippen molar-refractivity contribution in [1.82, 2.24) is 16.0 Å². The highest BCUT2D eigenvalue weighted by molar-refractivity contribution is 5.81. The molecule has 92 valence electrons. The van der Waals surface area contributed by atoms with E-state index in [0.717, 1.165) is 6.54 Å². The predicted molar refractivity (Wildman–Crippen MR) is 67.1 cm³/mol. The van der Waals surface area contributed by atoms with Crippen LogP contribution in [0.2, 0.25) is 0 Å². The van der Waals surface area contributed by atoms with Gasteiger partial charge in [-0.15, -0.1) is 0 Å². The van der Waals surface area contributed by atoms with E-state index in [9.17, 15) is 4.79 Å². The van der Waals surface area contributed by atoms with E-state index < -0.39 is 0 Å². The van der Waals surface area contributed by atoms with E-state index in [0.29, 0.717) is 12.6 Å². The van der Waals surface area contributed by atoms with Gasteiger partial charge in [0.15, 0.2) is 0 Å². The average molecular weight is 227 g/mol. The van der Waals surface area contributed by atoms with Crippen LogP contribution in [0, 0.1) is 0 Å². The van der Waals surface area contributed by atoms with Crippen LogP contribution in [0.15, 0.2) is 9.98 Å². The molecule has 0 aliphatic heterocycles. The lowest BCUT2D eigenvalue weighted by Gasteiger charge is -2.04. The zero-order valence-corrected chi connectivity index (χ0v) is 10.2. The summed E-state index contributed by atoms with van der Waals surface area (Å²) < 4.78 is 0. The van der Waals surface area contributed by atoms with Crippen LogP contribution >= 0.6 is 0 Å². The van der Waals surface area contributed by atoms with Crippen LogP contribution in [0.25, 0.3) is 0 Å². The lowest BCUT2D eigenvalue weighted by molar-refractivity contribution is -0.119. The largest absolute Gasteiger partial charge is 0.358 e. The fourth-order valence-corrected chi connectivity index (χ4v) is 0.829. The van der Waals surface area contributed by atoms with Crippen molar-refractivity contribution in [3.05, 3.63) is 0 Å². The van der Waals surface area contributed by atoms with E-state index in [-0.39, 0.29) is 12.5 Å². The third kappa shape index (κ3) is 10.6. The van der Waals surface area contributed by atoms with Crippen molar-refractivity contribution in [1.29, 1.82) is 0 Å². The van der Waals surface area contributed by atoms with Crippen LogP contribution in [0.5, 0.6) is 0 Å². The Morgan fingerprint density at radius 3 is 2.62 bits per heavy atom. The molecule has 0 aromatic heterocycles.